The van der Waals surface area contributed by atoms with Crippen LogP contribution in [0.25, 0.3) is 0 Å². The second-order valence-corrected chi connectivity index (χ2v) is 9.00. The first-order valence-corrected chi connectivity index (χ1v) is 12.4. The first-order chi connectivity index (χ1) is 15.7. The molecule has 32 heavy (non-hydrogen) atoms. The Morgan fingerprint density at radius 3 is 1.44 bits per heavy atom. The van der Waals surface area contributed by atoms with Crippen molar-refractivity contribution in [2.45, 2.75) is 77.0 Å². The summed E-state index contributed by atoms with van der Waals surface area (Å²) in [5, 5.41) is 0. The summed E-state index contributed by atoms with van der Waals surface area (Å²) in [4.78, 5) is 24.0. The van der Waals surface area contributed by atoms with Crippen LogP contribution >= 0.6 is 0 Å². The van der Waals surface area contributed by atoms with Gasteiger partial charge in [0.25, 0.3) is 0 Å². The summed E-state index contributed by atoms with van der Waals surface area (Å²) in [7, 11) is 0. The summed E-state index contributed by atoms with van der Waals surface area (Å²) in [6, 6.07) is 7.35. The molecule has 0 aliphatic heterocycles. The first kappa shape index (κ1) is 24.4. The number of ether oxygens (including phenoxy) is 4. The molecule has 2 fully saturated rings. The number of hydrogen-bond donors (Lipinski definition) is 0. The van der Waals surface area contributed by atoms with Crippen molar-refractivity contribution in [2.24, 2.45) is 11.8 Å². The van der Waals surface area contributed by atoms with E-state index in [1.54, 1.807) is 0 Å². The average molecular weight is 447 g/mol. The fourth-order valence-electron chi connectivity index (χ4n) is 4.67. The number of para-hydroxylation sites is 2. The van der Waals surface area contributed by atoms with Gasteiger partial charge in [-0.3, -0.25) is 9.59 Å². The van der Waals surface area contributed by atoms with Crippen molar-refractivity contribution >= 4 is 11.9 Å². The fourth-order valence-corrected chi connectivity index (χ4v) is 4.67. The molecule has 2 aliphatic carbocycles. The van der Waals surface area contributed by atoms with Gasteiger partial charge in [0.05, 0.1) is 0 Å². The minimum absolute atomic E-state index is 0.139. The fraction of sp³-hybridized carbons (Fsp3) is 0.692. The van der Waals surface area contributed by atoms with Gasteiger partial charge in [0, 0.05) is 12.8 Å². The normalized spacial score (nSPS) is 17.5. The lowest BCUT2D eigenvalue weighted by atomic mass is 9.87. The van der Waals surface area contributed by atoms with Gasteiger partial charge in [-0.1, -0.05) is 50.7 Å². The molecule has 3 rings (SSSR count). The zero-order valence-corrected chi connectivity index (χ0v) is 19.2. The van der Waals surface area contributed by atoms with Gasteiger partial charge in [0.15, 0.2) is 11.5 Å². The summed E-state index contributed by atoms with van der Waals surface area (Å²) in [6.07, 6.45) is 13.0. The third-order valence-corrected chi connectivity index (χ3v) is 6.42. The largest absolute Gasteiger partial charge is 0.486 e. The Labute approximate surface area is 191 Å². The number of rotatable bonds is 12. The van der Waals surface area contributed by atoms with E-state index in [-0.39, 0.29) is 38.4 Å². The van der Waals surface area contributed by atoms with E-state index >= 15 is 0 Å². The van der Waals surface area contributed by atoms with Crippen molar-refractivity contribution in [1.29, 1.82) is 0 Å². The zero-order chi connectivity index (χ0) is 22.4. The first-order valence-electron chi connectivity index (χ1n) is 12.4. The minimum Gasteiger partial charge on any atom is -0.486 e. The second-order valence-electron chi connectivity index (χ2n) is 9.00. The van der Waals surface area contributed by atoms with Crippen LogP contribution in [0.2, 0.25) is 0 Å². The van der Waals surface area contributed by atoms with Crippen LogP contribution in [0.3, 0.4) is 0 Å². The summed E-state index contributed by atoms with van der Waals surface area (Å²) < 4.78 is 22.2. The van der Waals surface area contributed by atoms with Gasteiger partial charge < -0.3 is 18.9 Å². The summed E-state index contributed by atoms with van der Waals surface area (Å²) in [5.41, 5.74) is 0. The van der Waals surface area contributed by atoms with E-state index in [0.29, 0.717) is 36.2 Å². The predicted molar refractivity (Wildman–Crippen MR) is 122 cm³/mol. The smallest absolute Gasteiger partial charge is 0.306 e. The van der Waals surface area contributed by atoms with Crippen LogP contribution in [0.15, 0.2) is 24.3 Å². The Morgan fingerprint density at radius 1 is 0.625 bits per heavy atom. The third-order valence-electron chi connectivity index (χ3n) is 6.42. The summed E-state index contributed by atoms with van der Waals surface area (Å²) in [6.45, 7) is 0.984. The molecule has 0 amide bonds. The Hall–Kier alpha value is -2.24. The van der Waals surface area contributed by atoms with E-state index in [1.165, 1.54) is 38.5 Å². The Balaban J connectivity index is 1.29. The highest BCUT2D eigenvalue weighted by Crippen LogP contribution is 2.28. The van der Waals surface area contributed by atoms with Gasteiger partial charge in [0.2, 0.25) is 0 Å². The van der Waals surface area contributed by atoms with Gasteiger partial charge >= 0.3 is 11.9 Å². The molecule has 0 aromatic heterocycles. The maximum absolute atomic E-state index is 12.0. The molecule has 1 aromatic rings. The van der Waals surface area contributed by atoms with E-state index in [9.17, 15) is 9.59 Å². The SMILES string of the molecule is O=C(CC1CCCCC1)OCCOc1ccccc1OCCOC(=O)CC1CCCCC1. The van der Waals surface area contributed by atoms with Gasteiger partial charge in [-0.2, -0.15) is 0 Å². The van der Waals surface area contributed by atoms with E-state index in [2.05, 4.69) is 0 Å². The van der Waals surface area contributed by atoms with Crippen molar-refractivity contribution in [3.8, 4) is 11.5 Å². The Bertz CT molecular complexity index is 632. The molecule has 6 heteroatoms. The quantitative estimate of drug-likeness (QED) is 0.313. The number of esters is 2. The molecular formula is C26H38O6. The highest BCUT2D eigenvalue weighted by Gasteiger charge is 2.19. The van der Waals surface area contributed by atoms with E-state index < -0.39 is 0 Å². The highest BCUT2D eigenvalue weighted by atomic mass is 16.6. The average Bonchev–Trinajstić information content (AvgIpc) is 2.81. The molecule has 6 nitrogen and oxygen atoms in total. The zero-order valence-electron chi connectivity index (χ0n) is 19.2. The molecule has 0 spiro atoms. The molecule has 178 valence electrons. The predicted octanol–water partition coefficient (Wildman–Crippen LogP) is 5.47. The molecule has 0 saturated heterocycles. The van der Waals surface area contributed by atoms with Crippen molar-refractivity contribution in [3.05, 3.63) is 24.3 Å². The van der Waals surface area contributed by atoms with Crippen LogP contribution in [0.5, 0.6) is 11.5 Å². The second kappa shape index (κ2) is 14.0. The standard InChI is InChI=1S/C26H38O6/c27-25(19-21-9-3-1-4-10-21)31-17-15-29-23-13-7-8-14-24(23)30-16-18-32-26(28)20-22-11-5-2-6-12-22/h7-8,13-14,21-22H,1-6,9-12,15-20H2. The monoisotopic (exact) mass is 446 g/mol. The van der Waals surface area contributed by atoms with Crippen LogP contribution in [-0.2, 0) is 19.1 Å². The van der Waals surface area contributed by atoms with Crippen LogP contribution in [0.4, 0.5) is 0 Å². The van der Waals surface area contributed by atoms with Crippen LogP contribution in [0.1, 0.15) is 77.0 Å². The van der Waals surface area contributed by atoms with E-state index in [0.717, 1.165) is 25.7 Å². The van der Waals surface area contributed by atoms with Gasteiger partial charge in [-0.25, -0.2) is 0 Å². The molecule has 0 atom stereocenters. The lowest BCUT2D eigenvalue weighted by Gasteiger charge is -2.20. The van der Waals surface area contributed by atoms with Crippen LogP contribution in [0, 0.1) is 11.8 Å². The van der Waals surface area contributed by atoms with Gasteiger partial charge in [0.1, 0.15) is 26.4 Å². The third kappa shape index (κ3) is 9.09. The number of benzene rings is 1. The van der Waals surface area contributed by atoms with Crippen LogP contribution in [-0.4, -0.2) is 38.4 Å². The topological polar surface area (TPSA) is 71.1 Å². The molecule has 0 heterocycles. The molecular weight excluding hydrogens is 408 g/mol. The number of carbonyl (C=O) groups is 2. The molecule has 2 saturated carbocycles. The molecule has 0 unspecified atom stereocenters. The summed E-state index contributed by atoms with van der Waals surface area (Å²) in [5.74, 6) is 1.85. The van der Waals surface area contributed by atoms with Crippen molar-refractivity contribution < 1.29 is 28.5 Å². The van der Waals surface area contributed by atoms with Crippen LogP contribution < -0.4 is 9.47 Å². The maximum Gasteiger partial charge on any atom is 0.306 e. The number of hydrogen-bond acceptors (Lipinski definition) is 6. The molecule has 2 aliphatic rings. The van der Waals surface area contributed by atoms with Crippen molar-refractivity contribution in [2.75, 3.05) is 26.4 Å². The molecule has 0 N–H and O–H groups in total. The summed E-state index contributed by atoms with van der Waals surface area (Å²) >= 11 is 0. The van der Waals surface area contributed by atoms with Gasteiger partial charge in [-0.15, -0.1) is 0 Å². The Kier molecular flexibility index (Phi) is 10.7. The lowest BCUT2D eigenvalue weighted by Crippen LogP contribution is -2.18. The lowest BCUT2D eigenvalue weighted by molar-refractivity contribution is -0.146. The van der Waals surface area contributed by atoms with Crippen molar-refractivity contribution in [1.82, 2.24) is 0 Å². The minimum atomic E-state index is -0.139. The Morgan fingerprint density at radius 2 is 1.03 bits per heavy atom. The molecule has 1 aromatic carbocycles. The van der Waals surface area contributed by atoms with Gasteiger partial charge in [-0.05, 0) is 49.7 Å². The highest BCUT2D eigenvalue weighted by molar-refractivity contribution is 5.70. The molecule has 0 radical (unpaired) electrons. The maximum atomic E-state index is 12.0. The molecule has 0 bridgehead atoms. The van der Waals surface area contributed by atoms with E-state index in [4.69, 9.17) is 18.9 Å². The van der Waals surface area contributed by atoms with Crippen molar-refractivity contribution in [3.63, 3.8) is 0 Å². The number of carbonyl (C=O) groups excluding carboxylic acids is 2. The van der Waals surface area contributed by atoms with E-state index in [1.807, 2.05) is 24.3 Å².